The molecule has 2 saturated carbocycles. The van der Waals surface area contributed by atoms with Crippen LogP contribution in [0.2, 0.25) is 0 Å². The van der Waals surface area contributed by atoms with Crippen LogP contribution in [0.3, 0.4) is 0 Å². The normalized spacial score (nSPS) is 17.0. The molecular weight excluding hydrogens is 400 g/mol. The van der Waals surface area contributed by atoms with Crippen LogP contribution in [0.5, 0.6) is 11.5 Å². The second kappa shape index (κ2) is 9.73. The summed E-state index contributed by atoms with van der Waals surface area (Å²) in [6.07, 6.45) is 8.38. The lowest BCUT2D eigenvalue weighted by Gasteiger charge is -2.25. The number of benzene rings is 1. The minimum Gasteiger partial charge on any atom is -0.493 e. The highest BCUT2D eigenvalue weighted by molar-refractivity contribution is 7.99. The Balaban J connectivity index is 1.57. The van der Waals surface area contributed by atoms with E-state index in [0.717, 1.165) is 35.9 Å². The van der Waals surface area contributed by atoms with Crippen LogP contribution in [0, 0.1) is 5.92 Å². The molecule has 4 rings (SSSR count). The van der Waals surface area contributed by atoms with E-state index in [-0.39, 0.29) is 5.91 Å². The fourth-order valence-corrected chi connectivity index (χ4v) is 4.81. The molecule has 2 aliphatic rings. The molecule has 0 unspecified atom stereocenters. The third-order valence-electron chi connectivity index (χ3n) is 5.86. The Labute approximate surface area is 181 Å². The molecule has 0 atom stereocenters. The van der Waals surface area contributed by atoms with Crippen molar-refractivity contribution in [2.24, 2.45) is 5.92 Å². The van der Waals surface area contributed by atoms with Crippen molar-refractivity contribution >= 4 is 17.7 Å². The first-order chi connectivity index (χ1) is 14.7. The fourth-order valence-electron chi connectivity index (χ4n) is 3.98. The Kier molecular flexibility index (Phi) is 6.82. The zero-order chi connectivity index (χ0) is 20.9. The lowest BCUT2D eigenvalue weighted by atomic mass is 9.95. The number of hydrogen-bond acceptors (Lipinski definition) is 6. The molecule has 162 valence electrons. The topological polar surface area (TPSA) is 78.3 Å². The molecule has 0 saturated heterocycles. The molecule has 2 fully saturated rings. The number of ether oxygens (including phenoxy) is 2. The maximum atomic E-state index is 12.2. The van der Waals surface area contributed by atoms with Gasteiger partial charge in [0.25, 0.3) is 0 Å². The van der Waals surface area contributed by atoms with Crippen molar-refractivity contribution in [3.63, 3.8) is 0 Å². The molecule has 0 bridgehead atoms. The third-order valence-corrected chi connectivity index (χ3v) is 6.81. The molecule has 0 radical (unpaired) electrons. The minimum absolute atomic E-state index is 0.0674. The van der Waals surface area contributed by atoms with Crippen LogP contribution < -0.4 is 14.8 Å². The summed E-state index contributed by atoms with van der Waals surface area (Å²) in [5, 5.41) is 12.8. The van der Waals surface area contributed by atoms with Crippen molar-refractivity contribution in [3.8, 4) is 22.9 Å². The van der Waals surface area contributed by atoms with Crippen molar-refractivity contribution in [3.05, 3.63) is 18.2 Å². The van der Waals surface area contributed by atoms with Gasteiger partial charge in [0.05, 0.1) is 20.0 Å². The van der Waals surface area contributed by atoms with Crippen LogP contribution in [0.25, 0.3) is 11.4 Å². The minimum atomic E-state index is 0.0674. The summed E-state index contributed by atoms with van der Waals surface area (Å²) >= 11 is 1.48. The Hall–Kier alpha value is -2.22. The molecule has 1 N–H and O–H groups in total. The predicted octanol–water partition coefficient (Wildman–Crippen LogP) is 4.09. The zero-order valence-corrected chi connectivity index (χ0v) is 18.5. The number of rotatable bonds is 9. The molecule has 2 aromatic rings. The highest BCUT2D eigenvalue weighted by Gasteiger charge is 2.25. The lowest BCUT2D eigenvalue weighted by Crippen LogP contribution is -2.27. The molecule has 7 nitrogen and oxygen atoms in total. The standard InChI is InChI=1S/C22H30N4O3S/c1-28-18-11-10-16(12-19(18)29-2)21-24-25-22(26(21)17-6-4-3-5-7-17)30-14-20(27)23-13-15-8-9-15/h10-12,15,17H,3-9,13-14H2,1-2H3,(H,23,27). The van der Waals surface area contributed by atoms with Gasteiger partial charge in [0, 0.05) is 18.2 Å². The number of carbonyl (C=O) groups excluding carboxylic acids is 1. The molecule has 0 aliphatic heterocycles. The van der Waals surface area contributed by atoms with Gasteiger partial charge in [0.2, 0.25) is 5.91 Å². The van der Waals surface area contributed by atoms with Gasteiger partial charge in [-0.05, 0) is 49.8 Å². The summed E-state index contributed by atoms with van der Waals surface area (Å²) in [4.78, 5) is 12.2. The van der Waals surface area contributed by atoms with E-state index >= 15 is 0 Å². The van der Waals surface area contributed by atoms with E-state index in [1.54, 1.807) is 14.2 Å². The fraction of sp³-hybridized carbons (Fsp3) is 0.591. The second-order valence-corrected chi connectivity index (χ2v) is 9.02. The van der Waals surface area contributed by atoms with E-state index in [2.05, 4.69) is 20.1 Å². The number of carbonyl (C=O) groups is 1. The Morgan fingerprint density at radius 2 is 1.87 bits per heavy atom. The summed E-state index contributed by atoms with van der Waals surface area (Å²) in [5.74, 6) is 3.29. The lowest BCUT2D eigenvalue weighted by molar-refractivity contribution is -0.118. The van der Waals surface area contributed by atoms with Crippen LogP contribution in [-0.4, -0.2) is 47.2 Å². The van der Waals surface area contributed by atoms with E-state index in [1.807, 2.05) is 18.2 Å². The van der Waals surface area contributed by atoms with Crippen molar-refractivity contribution in [1.29, 1.82) is 0 Å². The van der Waals surface area contributed by atoms with Gasteiger partial charge in [-0.2, -0.15) is 0 Å². The number of nitrogens with zero attached hydrogens (tertiary/aromatic N) is 3. The molecule has 0 spiro atoms. The van der Waals surface area contributed by atoms with Gasteiger partial charge in [-0.3, -0.25) is 9.36 Å². The van der Waals surface area contributed by atoms with Crippen LogP contribution in [0.15, 0.2) is 23.4 Å². The number of thioether (sulfide) groups is 1. The van der Waals surface area contributed by atoms with Crippen molar-refractivity contribution < 1.29 is 14.3 Å². The summed E-state index contributed by atoms with van der Waals surface area (Å²) in [5.41, 5.74) is 0.941. The zero-order valence-electron chi connectivity index (χ0n) is 17.7. The van der Waals surface area contributed by atoms with Gasteiger partial charge < -0.3 is 14.8 Å². The van der Waals surface area contributed by atoms with Gasteiger partial charge in [-0.25, -0.2) is 0 Å². The average Bonchev–Trinajstić information content (AvgIpc) is 3.53. The molecule has 1 amide bonds. The number of amides is 1. The second-order valence-electron chi connectivity index (χ2n) is 8.07. The highest BCUT2D eigenvalue weighted by Crippen LogP contribution is 2.38. The number of nitrogens with one attached hydrogen (secondary N) is 1. The van der Waals surface area contributed by atoms with E-state index in [0.29, 0.717) is 29.2 Å². The molecular formula is C22H30N4O3S. The first-order valence-electron chi connectivity index (χ1n) is 10.8. The first-order valence-corrected chi connectivity index (χ1v) is 11.7. The Bertz CT molecular complexity index is 875. The van der Waals surface area contributed by atoms with Crippen molar-refractivity contribution in [2.75, 3.05) is 26.5 Å². The van der Waals surface area contributed by atoms with Crippen LogP contribution >= 0.6 is 11.8 Å². The molecule has 8 heteroatoms. The predicted molar refractivity (Wildman–Crippen MR) is 117 cm³/mol. The molecule has 2 aliphatic carbocycles. The average molecular weight is 431 g/mol. The number of aromatic nitrogens is 3. The monoisotopic (exact) mass is 430 g/mol. The van der Waals surface area contributed by atoms with Gasteiger partial charge >= 0.3 is 0 Å². The van der Waals surface area contributed by atoms with Crippen LogP contribution in [-0.2, 0) is 4.79 Å². The summed E-state index contributed by atoms with van der Waals surface area (Å²) < 4.78 is 13.1. The summed E-state index contributed by atoms with van der Waals surface area (Å²) in [6, 6.07) is 6.18. The number of methoxy groups -OCH3 is 2. The van der Waals surface area contributed by atoms with E-state index in [1.165, 1.54) is 43.9 Å². The van der Waals surface area contributed by atoms with Gasteiger partial charge in [0.15, 0.2) is 22.5 Å². The van der Waals surface area contributed by atoms with Gasteiger partial charge in [-0.1, -0.05) is 31.0 Å². The van der Waals surface area contributed by atoms with Crippen molar-refractivity contribution in [1.82, 2.24) is 20.1 Å². The maximum absolute atomic E-state index is 12.2. The van der Waals surface area contributed by atoms with Gasteiger partial charge in [-0.15, -0.1) is 10.2 Å². The Morgan fingerprint density at radius 3 is 2.57 bits per heavy atom. The quantitative estimate of drug-likeness (QED) is 0.604. The Morgan fingerprint density at radius 1 is 1.10 bits per heavy atom. The van der Waals surface area contributed by atoms with Crippen LogP contribution in [0.4, 0.5) is 0 Å². The van der Waals surface area contributed by atoms with E-state index in [4.69, 9.17) is 9.47 Å². The number of hydrogen-bond donors (Lipinski definition) is 1. The first kappa shape index (κ1) is 21.0. The highest BCUT2D eigenvalue weighted by atomic mass is 32.2. The maximum Gasteiger partial charge on any atom is 0.230 e. The SMILES string of the molecule is COc1ccc(-c2nnc(SCC(=O)NCC3CC3)n2C2CCCCC2)cc1OC. The van der Waals surface area contributed by atoms with Crippen molar-refractivity contribution in [2.45, 2.75) is 56.1 Å². The molecule has 30 heavy (non-hydrogen) atoms. The summed E-state index contributed by atoms with van der Waals surface area (Å²) in [6.45, 7) is 0.797. The molecule has 1 heterocycles. The third kappa shape index (κ3) is 4.91. The largest absolute Gasteiger partial charge is 0.493 e. The van der Waals surface area contributed by atoms with Gasteiger partial charge in [0.1, 0.15) is 0 Å². The van der Waals surface area contributed by atoms with E-state index in [9.17, 15) is 4.79 Å². The van der Waals surface area contributed by atoms with Crippen LogP contribution in [0.1, 0.15) is 51.0 Å². The molecule has 1 aromatic carbocycles. The molecule has 1 aromatic heterocycles. The van der Waals surface area contributed by atoms with E-state index < -0.39 is 0 Å². The smallest absolute Gasteiger partial charge is 0.230 e. The summed E-state index contributed by atoms with van der Waals surface area (Å²) in [7, 11) is 3.26.